The Morgan fingerprint density at radius 2 is 1.81 bits per heavy atom. The first-order valence-corrected chi connectivity index (χ1v) is 10.1. The summed E-state index contributed by atoms with van der Waals surface area (Å²) in [4.78, 5) is 12.4. The maximum atomic E-state index is 12.4. The molecule has 140 valence electrons. The van der Waals surface area contributed by atoms with E-state index in [-0.39, 0.29) is 12.6 Å². The van der Waals surface area contributed by atoms with Crippen LogP contribution < -0.4 is 14.4 Å². The minimum absolute atomic E-state index is 0.333. The smallest absolute Gasteiger partial charge is 0.241 e. The van der Waals surface area contributed by atoms with Crippen LogP contribution >= 0.6 is 11.6 Å². The fourth-order valence-electron chi connectivity index (χ4n) is 2.53. The Bertz CT molecular complexity index is 869. The second kappa shape index (κ2) is 8.42. The molecule has 0 radical (unpaired) electrons. The summed E-state index contributed by atoms with van der Waals surface area (Å²) in [6.07, 6.45) is 1.05. The van der Waals surface area contributed by atoms with Crippen molar-refractivity contribution in [2.75, 3.05) is 24.2 Å². The molecule has 0 aliphatic rings. The van der Waals surface area contributed by atoms with Crippen molar-refractivity contribution < 1.29 is 17.9 Å². The molecule has 0 heterocycles. The number of sulfonamides is 1. The van der Waals surface area contributed by atoms with Gasteiger partial charge in [0.15, 0.2) is 0 Å². The van der Waals surface area contributed by atoms with Gasteiger partial charge in [0, 0.05) is 10.6 Å². The molecular weight excluding hydrogens is 376 g/mol. The highest BCUT2D eigenvalue weighted by atomic mass is 35.5. The summed E-state index contributed by atoms with van der Waals surface area (Å²) in [6, 6.07) is 13.2. The van der Waals surface area contributed by atoms with Gasteiger partial charge in [-0.2, -0.15) is 0 Å². The predicted molar refractivity (Wildman–Crippen MR) is 103 cm³/mol. The summed E-state index contributed by atoms with van der Waals surface area (Å²) in [5.74, 6) is 0.224. The Kier molecular flexibility index (Phi) is 6.50. The average molecular weight is 397 g/mol. The number of ether oxygens (including phenoxy) is 1. The fraction of sp³-hybridized carbons (Fsp3) is 0.278. The van der Waals surface area contributed by atoms with Crippen LogP contribution in [0.5, 0.6) is 5.75 Å². The number of hydrogen-bond donors (Lipinski definition) is 1. The van der Waals surface area contributed by atoms with E-state index in [4.69, 9.17) is 16.3 Å². The minimum atomic E-state index is -3.63. The molecule has 0 aliphatic heterocycles. The van der Waals surface area contributed by atoms with Gasteiger partial charge >= 0.3 is 0 Å². The van der Waals surface area contributed by atoms with E-state index in [1.54, 1.807) is 37.4 Å². The molecule has 0 bridgehead atoms. The Labute approximate surface area is 158 Å². The van der Waals surface area contributed by atoms with Crippen LogP contribution in [0, 0.1) is 0 Å². The predicted octanol–water partition coefficient (Wildman–Crippen LogP) is 2.99. The second-order valence-corrected chi connectivity index (χ2v) is 8.12. The number of benzene rings is 2. The Hall–Kier alpha value is -2.25. The molecule has 26 heavy (non-hydrogen) atoms. The van der Waals surface area contributed by atoms with Crippen LogP contribution in [0.15, 0.2) is 48.5 Å². The number of rotatable bonds is 7. The van der Waals surface area contributed by atoms with Crippen molar-refractivity contribution >= 4 is 33.2 Å². The summed E-state index contributed by atoms with van der Waals surface area (Å²) < 4.78 is 30.5. The standard InChI is InChI=1S/C18H21ClN2O4S/c1-13(16-6-4-5-7-17(16)25-2)20-18(22)12-21(26(3,23)24)15-10-8-14(19)9-11-15/h4-11,13H,12H2,1-3H3,(H,20,22)/t13-/m0/s1. The number of hydrogen-bond acceptors (Lipinski definition) is 4. The Morgan fingerprint density at radius 3 is 2.38 bits per heavy atom. The third-order valence-corrected chi connectivity index (χ3v) is 5.18. The van der Waals surface area contributed by atoms with Crippen LogP contribution in [-0.4, -0.2) is 34.2 Å². The molecule has 0 spiro atoms. The lowest BCUT2D eigenvalue weighted by atomic mass is 10.1. The number of nitrogens with one attached hydrogen (secondary N) is 1. The summed E-state index contributed by atoms with van der Waals surface area (Å²) in [5.41, 5.74) is 1.18. The van der Waals surface area contributed by atoms with E-state index in [9.17, 15) is 13.2 Å². The zero-order chi connectivity index (χ0) is 19.3. The van der Waals surface area contributed by atoms with Crippen molar-refractivity contribution in [2.24, 2.45) is 0 Å². The van der Waals surface area contributed by atoms with Crippen LogP contribution in [0.1, 0.15) is 18.5 Å². The number of anilines is 1. The number of amides is 1. The number of halogens is 1. The number of para-hydroxylation sites is 1. The average Bonchev–Trinajstić information content (AvgIpc) is 2.59. The van der Waals surface area contributed by atoms with E-state index in [1.807, 2.05) is 25.1 Å². The van der Waals surface area contributed by atoms with Crippen LogP contribution in [0.3, 0.4) is 0 Å². The summed E-state index contributed by atoms with van der Waals surface area (Å²) >= 11 is 5.84. The maximum absolute atomic E-state index is 12.4. The van der Waals surface area contributed by atoms with E-state index in [2.05, 4.69) is 5.32 Å². The van der Waals surface area contributed by atoms with E-state index in [1.165, 1.54) is 0 Å². The molecule has 0 aliphatic carbocycles. The van der Waals surface area contributed by atoms with Crippen molar-refractivity contribution in [3.63, 3.8) is 0 Å². The van der Waals surface area contributed by atoms with Crippen LogP contribution in [0.25, 0.3) is 0 Å². The van der Waals surface area contributed by atoms with Crippen molar-refractivity contribution in [3.8, 4) is 5.75 Å². The first-order valence-electron chi connectivity index (χ1n) is 7.88. The second-order valence-electron chi connectivity index (χ2n) is 5.78. The third kappa shape index (κ3) is 5.12. The Balaban J connectivity index is 2.16. The summed E-state index contributed by atoms with van der Waals surface area (Å²) in [5, 5.41) is 3.29. The van der Waals surface area contributed by atoms with Crippen molar-refractivity contribution in [3.05, 3.63) is 59.1 Å². The van der Waals surface area contributed by atoms with Crippen LogP contribution in [0.2, 0.25) is 5.02 Å². The molecule has 0 fully saturated rings. The topological polar surface area (TPSA) is 75.7 Å². The molecule has 6 nitrogen and oxygen atoms in total. The highest BCUT2D eigenvalue weighted by Crippen LogP contribution is 2.25. The quantitative estimate of drug-likeness (QED) is 0.780. The minimum Gasteiger partial charge on any atom is -0.496 e. The lowest BCUT2D eigenvalue weighted by molar-refractivity contribution is -0.120. The van der Waals surface area contributed by atoms with Gasteiger partial charge in [0.1, 0.15) is 12.3 Å². The molecule has 1 amide bonds. The highest BCUT2D eigenvalue weighted by Gasteiger charge is 2.22. The summed E-state index contributed by atoms with van der Waals surface area (Å²) in [7, 11) is -2.08. The highest BCUT2D eigenvalue weighted by molar-refractivity contribution is 7.92. The number of nitrogens with zero attached hydrogens (tertiary/aromatic N) is 1. The molecule has 2 rings (SSSR count). The number of carbonyl (C=O) groups excluding carboxylic acids is 1. The third-order valence-electron chi connectivity index (χ3n) is 3.79. The molecule has 0 aromatic heterocycles. The van der Waals surface area contributed by atoms with E-state index >= 15 is 0 Å². The van der Waals surface area contributed by atoms with Gasteiger partial charge in [0.25, 0.3) is 0 Å². The van der Waals surface area contributed by atoms with Gasteiger partial charge in [-0.3, -0.25) is 9.10 Å². The summed E-state index contributed by atoms with van der Waals surface area (Å²) in [6.45, 7) is 1.47. The molecule has 1 N–H and O–H groups in total. The van der Waals surface area contributed by atoms with E-state index in [0.717, 1.165) is 16.1 Å². The van der Waals surface area contributed by atoms with Crippen LogP contribution in [-0.2, 0) is 14.8 Å². The van der Waals surface area contributed by atoms with Crippen molar-refractivity contribution in [1.82, 2.24) is 5.32 Å². The number of methoxy groups -OCH3 is 1. The lowest BCUT2D eigenvalue weighted by Gasteiger charge is -2.23. The molecule has 2 aromatic rings. The largest absolute Gasteiger partial charge is 0.496 e. The van der Waals surface area contributed by atoms with Gasteiger partial charge in [-0.1, -0.05) is 29.8 Å². The van der Waals surface area contributed by atoms with Crippen LogP contribution in [0.4, 0.5) is 5.69 Å². The first kappa shape index (κ1) is 20.1. The normalized spacial score (nSPS) is 12.3. The lowest BCUT2D eigenvalue weighted by Crippen LogP contribution is -2.41. The fourth-order valence-corrected chi connectivity index (χ4v) is 3.51. The zero-order valence-electron chi connectivity index (χ0n) is 14.8. The molecular formula is C18H21ClN2O4S. The number of carbonyl (C=O) groups is 1. The zero-order valence-corrected chi connectivity index (χ0v) is 16.3. The van der Waals surface area contributed by atoms with E-state index < -0.39 is 15.9 Å². The van der Waals surface area contributed by atoms with Gasteiger partial charge in [0.05, 0.1) is 25.1 Å². The molecule has 0 saturated carbocycles. The molecule has 0 unspecified atom stereocenters. The maximum Gasteiger partial charge on any atom is 0.241 e. The molecule has 1 atom stereocenters. The monoisotopic (exact) mass is 396 g/mol. The SMILES string of the molecule is COc1ccccc1[C@H](C)NC(=O)CN(c1ccc(Cl)cc1)S(C)(=O)=O. The molecule has 8 heteroatoms. The van der Waals surface area contributed by atoms with Crippen molar-refractivity contribution in [1.29, 1.82) is 0 Å². The van der Waals surface area contributed by atoms with Gasteiger partial charge in [0.2, 0.25) is 15.9 Å². The first-order chi connectivity index (χ1) is 12.2. The van der Waals surface area contributed by atoms with Gasteiger partial charge < -0.3 is 10.1 Å². The molecule has 0 saturated heterocycles. The Morgan fingerprint density at radius 1 is 1.19 bits per heavy atom. The van der Waals surface area contributed by atoms with Gasteiger partial charge in [-0.25, -0.2) is 8.42 Å². The van der Waals surface area contributed by atoms with E-state index in [0.29, 0.717) is 16.5 Å². The van der Waals surface area contributed by atoms with Crippen molar-refractivity contribution in [2.45, 2.75) is 13.0 Å². The molecule has 2 aromatic carbocycles. The van der Waals surface area contributed by atoms with Gasteiger partial charge in [-0.05, 0) is 37.3 Å². The van der Waals surface area contributed by atoms with Gasteiger partial charge in [-0.15, -0.1) is 0 Å².